The number of nitrogens with zero attached hydrogens (tertiary/aromatic N) is 1. The van der Waals surface area contributed by atoms with Gasteiger partial charge in [0.25, 0.3) is 0 Å². The molecule has 0 saturated carbocycles. The molecule has 1 nitrogen and oxygen atoms in total. The summed E-state index contributed by atoms with van der Waals surface area (Å²) < 4.78 is 2.59. The molecule has 240 valence electrons. The molecule has 8 aromatic carbocycles. The summed E-state index contributed by atoms with van der Waals surface area (Å²) in [5.41, 5.74) is 13.2. The highest BCUT2D eigenvalue weighted by Crippen LogP contribution is 2.56. The number of hydrogen-bond acceptors (Lipinski definition) is 2. The van der Waals surface area contributed by atoms with Gasteiger partial charge < -0.3 is 4.90 Å². The second-order valence-corrected chi connectivity index (χ2v) is 14.4. The van der Waals surface area contributed by atoms with Gasteiger partial charge in [0.05, 0.1) is 5.41 Å². The number of thiophene rings is 1. The van der Waals surface area contributed by atoms with E-state index in [0.717, 1.165) is 17.1 Å². The first-order valence-corrected chi connectivity index (χ1v) is 18.3. The van der Waals surface area contributed by atoms with Crippen LogP contribution < -0.4 is 4.90 Å². The maximum Gasteiger partial charge on any atom is 0.0714 e. The molecule has 1 aliphatic carbocycles. The zero-order valence-electron chi connectivity index (χ0n) is 27.9. The number of rotatable bonds is 6. The van der Waals surface area contributed by atoms with Crippen LogP contribution in [0.15, 0.2) is 200 Å². The molecule has 0 aliphatic heterocycles. The van der Waals surface area contributed by atoms with Crippen LogP contribution in [0.1, 0.15) is 22.3 Å². The van der Waals surface area contributed by atoms with E-state index in [9.17, 15) is 0 Å². The number of hydrogen-bond donors (Lipinski definition) is 0. The third-order valence-electron chi connectivity index (χ3n) is 10.5. The predicted molar refractivity (Wildman–Crippen MR) is 217 cm³/mol. The number of anilines is 3. The van der Waals surface area contributed by atoms with E-state index in [2.05, 4.69) is 205 Å². The van der Waals surface area contributed by atoms with Crippen LogP contribution in [0.5, 0.6) is 0 Å². The van der Waals surface area contributed by atoms with Crippen LogP contribution in [-0.4, -0.2) is 0 Å². The molecule has 10 rings (SSSR count). The van der Waals surface area contributed by atoms with Gasteiger partial charge in [-0.1, -0.05) is 158 Å². The Kier molecular flexibility index (Phi) is 6.97. The molecule has 0 saturated heterocycles. The van der Waals surface area contributed by atoms with Gasteiger partial charge in [-0.25, -0.2) is 0 Å². The van der Waals surface area contributed by atoms with Crippen LogP contribution in [0.2, 0.25) is 0 Å². The van der Waals surface area contributed by atoms with E-state index in [-0.39, 0.29) is 0 Å². The monoisotopic (exact) mass is 667 g/mol. The first-order valence-electron chi connectivity index (χ1n) is 17.5. The molecule has 0 fully saturated rings. The van der Waals surface area contributed by atoms with Crippen molar-refractivity contribution in [1.82, 2.24) is 0 Å². The smallest absolute Gasteiger partial charge is 0.0714 e. The van der Waals surface area contributed by atoms with Crippen LogP contribution in [-0.2, 0) is 5.41 Å². The van der Waals surface area contributed by atoms with Crippen LogP contribution in [0, 0.1) is 0 Å². The lowest BCUT2D eigenvalue weighted by molar-refractivity contribution is 0.768. The van der Waals surface area contributed by atoms with Crippen molar-refractivity contribution in [1.29, 1.82) is 0 Å². The average molecular weight is 668 g/mol. The summed E-state index contributed by atoms with van der Waals surface area (Å²) in [6, 6.07) is 73.4. The van der Waals surface area contributed by atoms with Gasteiger partial charge >= 0.3 is 0 Å². The molecular formula is C49H33NS. The fourth-order valence-corrected chi connectivity index (χ4v) is 9.51. The topological polar surface area (TPSA) is 3.24 Å². The minimum atomic E-state index is -0.460. The molecule has 9 aromatic rings. The fraction of sp³-hybridized carbons (Fsp3) is 0.0204. The lowest BCUT2D eigenvalue weighted by atomic mass is 9.67. The Hall–Kier alpha value is -6.22. The largest absolute Gasteiger partial charge is 0.310 e. The summed E-state index contributed by atoms with van der Waals surface area (Å²) in [7, 11) is 0. The van der Waals surface area contributed by atoms with Gasteiger partial charge in [-0.3, -0.25) is 0 Å². The first kappa shape index (κ1) is 29.7. The van der Waals surface area contributed by atoms with E-state index >= 15 is 0 Å². The standard InChI is InChI=1S/C49H33NS/c1-4-15-34(16-5-1)35-27-29-43-44-30-28-40(33-48(44)51-47(43)31-35)50(38-20-8-3-9-21-38)39-22-14-19-37(32-39)49(36-17-6-2-7-18-36)45-25-12-10-23-41(45)42-24-11-13-26-46(42)49/h1-33H. The van der Waals surface area contributed by atoms with Crippen molar-refractivity contribution >= 4 is 48.6 Å². The Bertz CT molecular complexity index is 2650. The Balaban J connectivity index is 1.17. The highest BCUT2D eigenvalue weighted by Gasteiger charge is 2.46. The van der Waals surface area contributed by atoms with E-state index < -0.39 is 5.41 Å². The summed E-state index contributed by atoms with van der Waals surface area (Å²) in [6.45, 7) is 0. The maximum absolute atomic E-state index is 2.42. The van der Waals surface area contributed by atoms with Crippen molar-refractivity contribution in [3.63, 3.8) is 0 Å². The van der Waals surface area contributed by atoms with Gasteiger partial charge in [-0.15, -0.1) is 11.3 Å². The van der Waals surface area contributed by atoms with E-state index in [1.165, 1.54) is 64.7 Å². The second kappa shape index (κ2) is 12.0. The van der Waals surface area contributed by atoms with Gasteiger partial charge in [-0.2, -0.15) is 0 Å². The molecule has 0 bridgehead atoms. The van der Waals surface area contributed by atoms with E-state index in [0.29, 0.717) is 0 Å². The van der Waals surface area contributed by atoms with Gasteiger partial charge in [0.1, 0.15) is 0 Å². The van der Waals surface area contributed by atoms with E-state index in [1.807, 2.05) is 11.3 Å². The second-order valence-electron chi connectivity index (χ2n) is 13.3. The molecule has 1 aliphatic rings. The molecule has 0 spiro atoms. The molecule has 2 heteroatoms. The van der Waals surface area contributed by atoms with Crippen LogP contribution in [0.3, 0.4) is 0 Å². The Morgan fingerprint density at radius 2 is 0.882 bits per heavy atom. The normalized spacial score (nSPS) is 12.9. The molecular weight excluding hydrogens is 635 g/mol. The van der Waals surface area contributed by atoms with E-state index in [4.69, 9.17) is 0 Å². The van der Waals surface area contributed by atoms with Crippen molar-refractivity contribution in [2.75, 3.05) is 4.90 Å². The molecule has 0 N–H and O–H groups in total. The lowest BCUT2D eigenvalue weighted by Gasteiger charge is -2.35. The molecule has 51 heavy (non-hydrogen) atoms. The zero-order chi connectivity index (χ0) is 33.8. The van der Waals surface area contributed by atoms with Gasteiger partial charge in [0.2, 0.25) is 0 Å². The minimum absolute atomic E-state index is 0.460. The molecule has 1 heterocycles. The van der Waals surface area contributed by atoms with Crippen molar-refractivity contribution in [2.24, 2.45) is 0 Å². The van der Waals surface area contributed by atoms with Gasteiger partial charge in [-0.05, 0) is 87.0 Å². The minimum Gasteiger partial charge on any atom is -0.310 e. The highest BCUT2D eigenvalue weighted by molar-refractivity contribution is 7.25. The van der Waals surface area contributed by atoms with Crippen molar-refractivity contribution in [2.45, 2.75) is 5.41 Å². The summed E-state index contributed by atoms with van der Waals surface area (Å²) in [4.78, 5) is 2.41. The van der Waals surface area contributed by atoms with E-state index in [1.54, 1.807) is 0 Å². The summed E-state index contributed by atoms with van der Waals surface area (Å²) in [6.07, 6.45) is 0. The van der Waals surface area contributed by atoms with Crippen LogP contribution in [0.4, 0.5) is 17.1 Å². The maximum atomic E-state index is 2.42. The number of fused-ring (bicyclic) bond motifs is 6. The average Bonchev–Trinajstić information content (AvgIpc) is 3.72. The Morgan fingerprint density at radius 3 is 1.59 bits per heavy atom. The van der Waals surface area contributed by atoms with Gasteiger partial charge in [0, 0.05) is 37.2 Å². The summed E-state index contributed by atoms with van der Waals surface area (Å²) in [5.74, 6) is 0. The van der Waals surface area contributed by atoms with Crippen LogP contribution >= 0.6 is 11.3 Å². The van der Waals surface area contributed by atoms with Crippen molar-refractivity contribution in [3.8, 4) is 22.3 Å². The van der Waals surface area contributed by atoms with Crippen molar-refractivity contribution < 1.29 is 0 Å². The molecule has 0 unspecified atom stereocenters. The third kappa shape index (κ3) is 4.68. The summed E-state index contributed by atoms with van der Waals surface area (Å²) in [5, 5.41) is 2.60. The van der Waals surface area contributed by atoms with Crippen LogP contribution in [0.25, 0.3) is 42.4 Å². The molecule has 0 radical (unpaired) electrons. The number of para-hydroxylation sites is 1. The summed E-state index contributed by atoms with van der Waals surface area (Å²) >= 11 is 1.87. The van der Waals surface area contributed by atoms with Crippen molar-refractivity contribution in [3.05, 3.63) is 222 Å². The molecule has 1 aromatic heterocycles. The fourth-order valence-electron chi connectivity index (χ4n) is 8.33. The van der Waals surface area contributed by atoms with Gasteiger partial charge in [0.15, 0.2) is 0 Å². The lowest BCUT2D eigenvalue weighted by Crippen LogP contribution is -2.28. The zero-order valence-corrected chi connectivity index (χ0v) is 28.7. The first-order chi connectivity index (χ1) is 25.3. The molecule has 0 amide bonds. The SMILES string of the molecule is c1ccc(-c2ccc3c(c2)sc2cc(N(c4ccccc4)c4cccc(C5(c6ccccc6)c6ccccc6-c6ccccc65)c4)ccc23)cc1. The third-order valence-corrected chi connectivity index (χ3v) is 11.6. The molecule has 0 atom stereocenters. The number of benzene rings is 8. The Morgan fingerprint density at radius 1 is 0.353 bits per heavy atom. The predicted octanol–water partition coefficient (Wildman–Crippen LogP) is 13.6. The highest BCUT2D eigenvalue weighted by atomic mass is 32.1. The quantitative estimate of drug-likeness (QED) is 0.171. The Labute approximate surface area is 302 Å².